The maximum Gasteiger partial charge on any atom is 0.387 e. The molecule has 0 aromatic heterocycles. The summed E-state index contributed by atoms with van der Waals surface area (Å²) in [5, 5.41) is 2.53. The van der Waals surface area contributed by atoms with Crippen LogP contribution in [-0.2, 0) is 24.3 Å². The van der Waals surface area contributed by atoms with E-state index in [1.54, 1.807) is 0 Å². The zero-order chi connectivity index (χ0) is 24.0. The fraction of sp³-hybridized carbons (Fsp3) is 0.333. The molecule has 3 rings (SSSR count). The second kappa shape index (κ2) is 10.7. The van der Waals surface area contributed by atoms with E-state index in [1.807, 2.05) is 0 Å². The molecule has 33 heavy (non-hydrogen) atoms. The van der Waals surface area contributed by atoms with Crippen LogP contribution in [0.5, 0.6) is 5.75 Å². The molecule has 0 aliphatic carbocycles. The number of benzene rings is 2. The Morgan fingerprint density at radius 3 is 2.39 bits per heavy atom. The Bertz CT molecular complexity index is 1090. The number of sulfonamides is 1. The van der Waals surface area contributed by atoms with Gasteiger partial charge >= 0.3 is 12.6 Å². The van der Waals surface area contributed by atoms with Crippen LogP contribution in [0.25, 0.3) is 0 Å². The molecule has 1 fully saturated rings. The highest BCUT2D eigenvalue weighted by Gasteiger charge is 2.26. The van der Waals surface area contributed by atoms with E-state index in [-0.39, 0.29) is 29.3 Å². The van der Waals surface area contributed by atoms with E-state index in [9.17, 15) is 26.8 Å². The van der Waals surface area contributed by atoms with E-state index in [0.29, 0.717) is 18.9 Å². The van der Waals surface area contributed by atoms with Crippen molar-refractivity contribution in [3.05, 3.63) is 54.1 Å². The fourth-order valence-electron chi connectivity index (χ4n) is 2.97. The summed E-state index contributed by atoms with van der Waals surface area (Å²) < 4.78 is 65.8. The average Bonchev–Trinajstić information content (AvgIpc) is 2.79. The van der Waals surface area contributed by atoms with Crippen LogP contribution in [0.2, 0.25) is 0 Å². The van der Waals surface area contributed by atoms with Gasteiger partial charge in [-0.2, -0.15) is 13.1 Å². The standard InChI is InChI=1S/C21H22F2N2O7S/c1-14(31-20(27)15-3-2-4-17(13-15)32-21(22)23)19(26)24-16-5-7-18(8-6-16)33(28,29)25-9-11-30-12-10-25/h2-8,13-14,21H,9-12H2,1H3,(H,24,26). The third-order valence-corrected chi connectivity index (χ3v) is 6.59. The van der Waals surface area contributed by atoms with Gasteiger partial charge in [-0.05, 0) is 49.4 Å². The number of rotatable bonds is 8. The third kappa shape index (κ3) is 6.46. The molecule has 1 N–H and O–H groups in total. The molecule has 1 unspecified atom stereocenters. The maximum absolute atomic E-state index is 12.6. The van der Waals surface area contributed by atoms with Crippen LogP contribution < -0.4 is 10.1 Å². The molecule has 9 nitrogen and oxygen atoms in total. The van der Waals surface area contributed by atoms with Crippen LogP contribution in [0.15, 0.2) is 53.4 Å². The van der Waals surface area contributed by atoms with Crippen molar-refractivity contribution >= 4 is 27.6 Å². The predicted octanol–water partition coefficient (Wildman–Crippen LogP) is 2.49. The topological polar surface area (TPSA) is 111 Å². The number of halogens is 2. The minimum Gasteiger partial charge on any atom is -0.449 e. The molecule has 1 aliphatic rings. The van der Waals surface area contributed by atoms with Crippen molar-refractivity contribution in [1.29, 1.82) is 0 Å². The molecule has 0 saturated carbocycles. The van der Waals surface area contributed by atoms with E-state index in [4.69, 9.17) is 9.47 Å². The normalized spacial score (nSPS) is 15.6. The largest absolute Gasteiger partial charge is 0.449 e. The molecule has 2 aromatic carbocycles. The summed E-state index contributed by atoms with van der Waals surface area (Å²) in [5.74, 6) is -1.78. The first-order valence-electron chi connectivity index (χ1n) is 9.91. The third-order valence-electron chi connectivity index (χ3n) is 4.68. The Kier molecular flexibility index (Phi) is 7.95. The first kappa shape index (κ1) is 24.6. The summed E-state index contributed by atoms with van der Waals surface area (Å²) in [6.07, 6.45) is -1.21. The van der Waals surface area contributed by atoms with Crippen molar-refractivity contribution in [3.8, 4) is 5.75 Å². The Balaban J connectivity index is 1.59. The number of anilines is 1. The monoisotopic (exact) mass is 484 g/mol. The van der Waals surface area contributed by atoms with E-state index in [1.165, 1.54) is 53.7 Å². The number of alkyl halides is 2. The molecule has 1 saturated heterocycles. The van der Waals surface area contributed by atoms with E-state index >= 15 is 0 Å². The molecule has 0 radical (unpaired) electrons. The van der Waals surface area contributed by atoms with Crippen molar-refractivity contribution in [2.75, 3.05) is 31.6 Å². The second-order valence-corrected chi connectivity index (χ2v) is 8.92. The van der Waals surface area contributed by atoms with Gasteiger partial charge < -0.3 is 19.5 Å². The number of carbonyl (C=O) groups is 2. The number of esters is 1. The quantitative estimate of drug-likeness (QED) is 0.573. The summed E-state index contributed by atoms with van der Waals surface area (Å²) in [4.78, 5) is 24.7. The summed E-state index contributed by atoms with van der Waals surface area (Å²) >= 11 is 0. The van der Waals surface area contributed by atoms with Gasteiger partial charge in [0.05, 0.1) is 23.7 Å². The lowest BCUT2D eigenvalue weighted by atomic mass is 10.2. The van der Waals surface area contributed by atoms with Gasteiger partial charge in [0.1, 0.15) is 5.75 Å². The van der Waals surface area contributed by atoms with Gasteiger partial charge in [0.25, 0.3) is 5.91 Å². The Morgan fingerprint density at radius 2 is 1.76 bits per heavy atom. The maximum atomic E-state index is 12.6. The lowest BCUT2D eigenvalue weighted by Crippen LogP contribution is -2.40. The highest BCUT2D eigenvalue weighted by Crippen LogP contribution is 2.20. The molecular weight excluding hydrogens is 462 g/mol. The summed E-state index contributed by atoms with van der Waals surface area (Å²) in [7, 11) is -3.67. The number of hydrogen-bond acceptors (Lipinski definition) is 7. The van der Waals surface area contributed by atoms with Crippen LogP contribution in [0.3, 0.4) is 0 Å². The molecule has 1 atom stereocenters. The summed E-state index contributed by atoms with van der Waals surface area (Å²) in [6.45, 7) is -0.525. The van der Waals surface area contributed by atoms with Crippen LogP contribution in [0.4, 0.5) is 14.5 Å². The molecular formula is C21H22F2N2O7S. The smallest absolute Gasteiger partial charge is 0.387 e. The number of amides is 1. The first-order chi connectivity index (χ1) is 15.7. The van der Waals surface area contributed by atoms with Gasteiger partial charge in [-0.1, -0.05) is 6.07 Å². The SMILES string of the molecule is CC(OC(=O)c1cccc(OC(F)F)c1)C(=O)Nc1ccc(S(=O)(=O)N2CCOCC2)cc1. The minimum atomic E-state index is -3.67. The summed E-state index contributed by atoms with van der Waals surface area (Å²) in [5.41, 5.74) is 0.238. The minimum absolute atomic E-state index is 0.0644. The molecule has 1 aliphatic heterocycles. The predicted molar refractivity (Wildman–Crippen MR) is 113 cm³/mol. The van der Waals surface area contributed by atoms with Crippen molar-refractivity contribution < 1.29 is 41.0 Å². The molecule has 0 spiro atoms. The molecule has 12 heteroatoms. The van der Waals surface area contributed by atoms with Crippen LogP contribution in [0.1, 0.15) is 17.3 Å². The fourth-order valence-corrected chi connectivity index (χ4v) is 4.38. The van der Waals surface area contributed by atoms with Crippen LogP contribution in [0, 0.1) is 0 Å². The van der Waals surface area contributed by atoms with Gasteiger partial charge in [-0.15, -0.1) is 0 Å². The molecule has 1 heterocycles. The lowest BCUT2D eigenvalue weighted by molar-refractivity contribution is -0.123. The van der Waals surface area contributed by atoms with Crippen LogP contribution >= 0.6 is 0 Å². The Morgan fingerprint density at radius 1 is 1.09 bits per heavy atom. The van der Waals surface area contributed by atoms with Gasteiger partial charge in [0.15, 0.2) is 6.10 Å². The second-order valence-electron chi connectivity index (χ2n) is 6.98. The Labute approximate surface area is 189 Å². The average molecular weight is 484 g/mol. The molecule has 1 amide bonds. The first-order valence-corrected chi connectivity index (χ1v) is 11.4. The number of ether oxygens (including phenoxy) is 3. The zero-order valence-electron chi connectivity index (χ0n) is 17.6. The molecule has 2 aromatic rings. The number of hydrogen-bond donors (Lipinski definition) is 1. The molecule has 178 valence electrons. The highest BCUT2D eigenvalue weighted by atomic mass is 32.2. The highest BCUT2D eigenvalue weighted by molar-refractivity contribution is 7.89. The van der Waals surface area contributed by atoms with Gasteiger partial charge in [0.2, 0.25) is 10.0 Å². The van der Waals surface area contributed by atoms with E-state index in [2.05, 4.69) is 10.1 Å². The molecule has 0 bridgehead atoms. The van der Waals surface area contributed by atoms with Crippen molar-refractivity contribution in [3.63, 3.8) is 0 Å². The number of nitrogens with zero attached hydrogens (tertiary/aromatic N) is 1. The Hall–Kier alpha value is -3.09. The van der Waals surface area contributed by atoms with Crippen molar-refractivity contribution in [2.24, 2.45) is 0 Å². The number of morpholine rings is 1. The zero-order valence-corrected chi connectivity index (χ0v) is 18.4. The van der Waals surface area contributed by atoms with Crippen molar-refractivity contribution in [2.45, 2.75) is 24.5 Å². The van der Waals surface area contributed by atoms with Crippen molar-refractivity contribution in [1.82, 2.24) is 4.31 Å². The number of carbonyl (C=O) groups excluding carboxylic acids is 2. The van der Waals surface area contributed by atoms with E-state index < -0.39 is 34.6 Å². The van der Waals surface area contributed by atoms with Gasteiger partial charge in [-0.25, -0.2) is 13.2 Å². The van der Waals surface area contributed by atoms with Gasteiger partial charge in [0, 0.05) is 18.8 Å². The van der Waals surface area contributed by atoms with E-state index in [0.717, 1.165) is 6.07 Å². The summed E-state index contributed by atoms with van der Waals surface area (Å²) in [6, 6.07) is 10.6. The number of nitrogens with one attached hydrogen (secondary N) is 1. The van der Waals surface area contributed by atoms with Gasteiger partial charge in [-0.3, -0.25) is 4.79 Å². The van der Waals surface area contributed by atoms with Crippen LogP contribution in [-0.4, -0.2) is 63.6 Å². The lowest BCUT2D eigenvalue weighted by Gasteiger charge is -2.26.